The molecule has 0 aliphatic carbocycles. The number of carbonyl (C=O) groups is 3. The van der Waals surface area contributed by atoms with Gasteiger partial charge in [0.25, 0.3) is 11.6 Å². The van der Waals surface area contributed by atoms with Gasteiger partial charge in [-0.25, -0.2) is 0 Å². The minimum atomic E-state index is -0.666. The van der Waals surface area contributed by atoms with E-state index in [1.807, 2.05) is 32.0 Å². The van der Waals surface area contributed by atoms with Crippen LogP contribution in [0.15, 0.2) is 36.4 Å². The van der Waals surface area contributed by atoms with E-state index in [0.717, 1.165) is 29.7 Å². The van der Waals surface area contributed by atoms with E-state index < -0.39 is 29.3 Å². The molecule has 9 heteroatoms. The van der Waals surface area contributed by atoms with E-state index in [4.69, 9.17) is 4.74 Å². The summed E-state index contributed by atoms with van der Waals surface area (Å²) in [6, 6.07) is 10.2. The van der Waals surface area contributed by atoms with E-state index >= 15 is 0 Å². The number of anilines is 2. The number of nitrogens with zero attached hydrogens (tertiary/aromatic N) is 2. The SMILES string of the molecule is CCc1cccc(CC)c1N1C[C@H](C(=O)OCC(=O)Nc2ccc(C)c([N+](=O)[O-])c2)CC1=O. The number of para-hydroxylation sites is 1. The van der Waals surface area contributed by atoms with Gasteiger partial charge in [-0.3, -0.25) is 24.5 Å². The molecular weight excluding hydrogens is 426 g/mol. The molecule has 0 radical (unpaired) electrons. The molecule has 0 unspecified atom stereocenters. The third-order valence-corrected chi connectivity index (χ3v) is 5.73. The molecule has 0 bridgehead atoms. The number of nitrogens with one attached hydrogen (secondary N) is 1. The van der Waals surface area contributed by atoms with Crippen LogP contribution in [0.2, 0.25) is 0 Å². The van der Waals surface area contributed by atoms with E-state index in [-0.39, 0.29) is 30.2 Å². The topological polar surface area (TPSA) is 119 Å². The van der Waals surface area contributed by atoms with Crippen molar-refractivity contribution >= 4 is 34.8 Å². The van der Waals surface area contributed by atoms with Crippen LogP contribution in [0.1, 0.15) is 37.0 Å². The molecule has 1 N–H and O–H groups in total. The first-order valence-corrected chi connectivity index (χ1v) is 10.9. The molecule has 1 fully saturated rings. The molecule has 9 nitrogen and oxygen atoms in total. The van der Waals surface area contributed by atoms with Gasteiger partial charge in [-0.05, 0) is 37.0 Å². The fourth-order valence-electron chi connectivity index (χ4n) is 3.98. The lowest BCUT2D eigenvalue weighted by molar-refractivity contribution is -0.385. The first kappa shape index (κ1) is 23.9. The van der Waals surface area contributed by atoms with Crippen LogP contribution in [0.4, 0.5) is 17.1 Å². The molecule has 1 aliphatic rings. The zero-order valence-electron chi connectivity index (χ0n) is 18.9. The van der Waals surface area contributed by atoms with Crippen molar-refractivity contribution in [2.45, 2.75) is 40.0 Å². The summed E-state index contributed by atoms with van der Waals surface area (Å²) in [6.07, 6.45) is 1.55. The molecule has 2 amide bonds. The number of nitro groups is 1. The van der Waals surface area contributed by atoms with Crippen LogP contribution in [0.5, 0.6) is 0 Å². The molecule has 1 heterocycles. The maximum atomic E-state index is 12.7. The molecule has 3 rings (SSSR count). The predicted molar refractivity (Wildman–Crippen MR) is 123 cm³/mol. The summed E-state index contributed by atoms with van der Waals surface area (Å²) < 4.78 is 5.14. The molecule has 33 heavy (non-hydrogen) atoms. The van der Waals surface area contributed by atoms with Gasteiger partial charge >= 0.3 is 5.97 Å². The summed E-state index contributed by atoms with van der Waals surface area (Å²) >= 11 is 0. The average Bonchev–Trinajstić information content (AvgIpc) is 3.19. The number of benzene rings is 2. The van der Waals surface area contributed by atoms with Gasteiger partial charge < -0.3 is 15.0 Å². The van der Waals surface area contributed by atoms with Crippen molar-refractivity contribution in [2.75, 3.05) is 23.4 Å². The highest BCUT2D eigenvalue weighted by Gasteiger charge is 2.37. The van der Waals surface area contributed by atoms with E-state index in [9.17, 15) is 24.5 Å². The van der Waals surface area contributed by atoms with Crippen LogP contribution >= 0.6 is 0 Å². The Balaban J connectivity index is 1.61. The molecule has 1 aliphatic heterocycles. The quantitative estimate of drug-likeness (QED) is 0.371. The number of aryl methyl sites for hydroxylation is 3. The van der Waals surface area contributed by atoms with E-state index in [1.165, 1.54) is 18.2 Å². The third-order valence-electron chi connectivity index (χ3n) is 5.73. The second-order valence-corrected chi connectivity index (χ2v) is 7.95. The minimum Gasteiger partial charge on any atom is -0.455 e. The summed E-state index contributed by atoms with van der Waals surface area (Å²) in [4.78, 5) is 49.6. The Morgan fingerprint density at radius 3 is 2.45 bits per heavy atom. The maximum absolute atomic E-state index is 12.7. The Bertz CT molecular complexity index is 1080. The van der Waals surface area contributed by atoms with Gasteiger partial charge in [-0.1, -0.05) is 38.1 Å². The number of ether oxygens (including phenoxy) is 1. The molecule has 2 aromatic rings. The number of esters is 1. The van der Waals surface area contributed by atoms with Gasteiger partial charge in [-0.2, -0.15) is 0 Å². The molecule has 0 saturated carbocycles. The molecular formula is C24H27N3O6. The highest BCUT2D eigenvalue weighted by Crippen LogP contribution is 2.32. The van der Waals surface area contributed by atoms with Gasteiger partial charge in [0.1, 0.15) is 0 Å². The van der Waals surface area contributed by atoms with Crippen molar-refractivity contribution in [1.29, 1.82) is 0 Å². The number of nitro benzene ring substituents is 1. The summed E-state index contributed by atoms with van der Waals surface area (Å²) in [7, 11) is 0. The Hall–Kier alpha value is -3.75. The van der Waals surface area contributed by atoms with Gasteiger partial charge in [0.05, 0.1) is 10.8 Å². The summed E-state index contributed by atoms with van der Waals surface area (Å²) in [5.41, 5.74) is 3.54. The van der Waals surface area contributed by atoms with Gasteiger partial charge in [0.2, 0.25) is 5.91 Å². The second-order valence-electron chi connectivity index (χ2n) is 7.95. The predicted octanol–water partition coefficient (Wildman–Crippen LogP) is 3.56. The molecule has 2 aromatic carbocycles. The number of hydrogen-bond acceptors (Lipinski definition) is 6. The Morgan fingerprint density at radius 1 is 1.18 bits per heavy atom. The Labute approximate surface area is 191 Å². The van der Waals surface area contributed by atoms with Crippen molar-refractivity contribution in [3.63, 3.8) is 0 Å². The first-order valence-electron chi connectivity index (χ1n) is 10.9. The zero-order valence-corrected chi connectivity index (χ0v) is 18.9. The maximum Gasteiger partial charge on any atom is 0.311 e. The number of amides is 2. The summed E-state index contributed by atoms with van der Waals surface area (Å²) in [5, 5.41) is 13.5. The average molecular weight is 453 g/mol. The van der Waals surface area contributed by atoms with Gasteiger partial charge in [-0.15, -0.1) is 0 Å². The van der Waals surface area contributed by atoms with E-state index in [1.54, 1.807) is 11.8 Å². The van der Waals surface area contributed by atoms with Crippen molar-refractivity contribution < 1.29 is 24.0 Å². The van der Waals surface area contributed by atoms with Crippen LogP contribution in [0.3, 0.4) is 0 Å². The third kappa shape index (κ3) is 5.36. The number of carbonyl (C=O) groups excluding carboxylic acids is 3. The Kier molecular flexibility index (Phi) is 7.42. The lowest BCUT2D eigenvalue weighted by atomic mass is 10.0. The van der Waals surface area contributed by atoms with Crippen LogP contribution < -0.4 is 10.2 Å². The van der Waals surface area contributed by atoms with Crippen LogP contribution in [0, 0.1) is 23.0 Å². The largest absolute Gasteiger partial charge is 0.455 e. The molecule has 0 aromatic heterocycles. The summed E-state index contributed by atoms with van der Waals surface area (Å²) in [6.45, 7) is 5.29. The van der Waals surface area contributed by atoms with Crippen LogP contribution in [-0.2, 0) is 32.0 Å². The van der Waals surface area contributed by atoms with Crippen molar-refractivity contribution in [1.82, 2.24) is 0 Å². The number of rotatable bonds is 8. The van der Waals surface area contributed by atoms with Crippen LogP contribution in [-0.4, -0.2) is 35.9 Å². The molecule has 174 valence electrons. The second kappa shape index (κ2) is 10.2. The molecule has 0 spiro atoms. The fourth-order valence-corrected chi connectivity index (χ4v) is 3.98. The van der Waals surface area contributed by atoms with Crippen molar-refractivity contribution in [2.24, 2.45) is 5.92 Å². The van der Waals surface area contributed by atoms with E-state index in [0.29, 0.717) is 5.56 Å². The molecule has 1 atom stereocenters. The standard InChI is InChI=1S/C24H27N3O6/c1-4-16-7-6-8-17(5-2)23(16)26-13-18(11-22(26)29)24(30)33-14-21(28)25-19-10-9-15(3)20(12-19)27(31)32/h6-10,12,18H,4-5,11,13-14H2,1-3H3,(H,25,28)/t18-/m1/s1. The van der Waals surface area contributed by atoms with Crippen molar-refractivity contribution in [3.8, 4) is 0 Å². The normalized spacial score (nSPS) is 15.4. The van der Waals surface area contributed by atoms with Gasteiger partial charge in [0, 0.05) is 36.0 Å². The zero-order chi connectivity index (χ0) is 24.1. The smallest absolute Gasteiger partial charge is 0.311 e. The highest BCUT2D eigenvalue weighted by molar-refractivity contribution is 6.01. The first-order chi connectivity index (χ1) is 15.7. The lowest BCUT2D eigenvalue weighted by Gasteiger charge is -2.23. The monoisotopic (exact) mass is 453 g/mol. The van der Waals surface area contributed by atoms with Crippen LogP contribution in [0.25, 0.3) is 0 Å². The van der Waals surface area contributed by atoms with Gasteiger partial charge in [0.15, 0.2) is 6.61 Å². The number of hydrogen-bond donors (Lipinski definition) is 1. The fraction of sp³-hybridized carbons (Fsp3) is 0.375. The lowest BCUT2D eigenvalue weighted by Crippen LogP contribution is -2.29. The van der Waals surface area contributed by atoms with E-state index in [2.05, 4.69) is 5.32 Å². The Morgan fingerprint density at radius 2 is 1.85 bits per heavy atom. The summed E-state index contributed by atoms with van der Waals surface area (Å²) in [5.74, 6) is -2.06. The van der Waals surface area contributed by atoms with Crippen molar-refractivity contribution in [3.05, 3.63) is 63.2 Å². The highest BCUT2D eigenvalue weighted by atomic mass is 16.6. The minimum absolute atomic E-state index is 0.0197. The molecule has 1 saturated heterocycles.